The van der Waals surface area contributed by atoms with E-state index in [1.807, 2.05) is 0 Å². The number of nitrogens with one attached hydrogen (secondary N) is 2. The molecule has 7 nitrogen and oxygen atoms in total. The maximum Gasteiger partial charge on any atom is 0.289 e. The highest BCUT2D eigenvalue weighted by molar-refractivity contribution is 7.89. The summed E-state index contributed by atoms with van der Waals surface area (Å²) in [6.07, 6.45) is 0.680. The molecule has 19 heavy (non-hydrogen) atoms. The Morgan fingerprint density at radius 2 is 2.05 bits per heavy atom. The molecule has 1 aliphatic heterocycles. The van der Waals surface area contributed by atoms with Gasteiger partial charge in [-0.25, -0.2) is 13.1 Å². The summed E-state index contributed by atoms with van der Waals surface area (Å²) in [5.74, 6) is 0. The second-order valence-electron chi connectivity index (χ2n) is 4.04. The van der Waals surface area contributed by atoms with Crippen LogP contribution in [0.15, 0.2) is 29.2 Å². The maximum absolute atomic E-state index is 12.1. The number of rotatable bonds is 4. The predicted octanol–water partition coefficient (Wildman–Crippen LogP) is 0.657. The van der Waals surface area contributed by atoms with Crippen LogP contribution in [-0.2, 0) is 10.0 Å². The van der Waals surface area contributed by atoms with Gasteiger partial charge in [-0.05, 0) is 19.0 Å². The van der Waals surface area contributed by atoms with Gasteiger partial charge >= 0.3 is 0 Å². The summed E-state index contributed by atoms with van der Waals surface area (Å²) >= 11 is 0. The second-order valence-corrected chi connectivity index (χ2v) is 5.72. The van der Waals surface area contributed by atoms with Crippen LogP contribution in [0.5, 0.6) is 0 Å². The molecule has 1 heterocycles. The monoisotopic (exact) mass is 307 g/mol. The van der Waals surface area contributed by atoms with Crippen molar-refractivity contribution in [1.82, 2.24) is 10.0 Å². The van der Waals surface area contributed by atoms with Crippen molar-refractivity contribution < 1.29 is 13.3 Å². The van der Waals surface area contributed by atoms with Crippen molar-refractivity contribution in [3.8, 4) is 0 Å². The molecule has 0 unspecified atom stereocenters. The molecule has 1 fully saturated rings. The van der Waals surface area contributed by atoms with Crippen LogP contribution >= 0.6 is 12.4 Å². The van der Waals surface area contributed by atoms with Gasteiger partial charge < -0.3 is 5.32 Å². The van der Waals surface area contributed by atoms with E-state index in [-0.39, 0.29) is 23.3 Å². The van der Waals surface area contributed by atoms with E-state index in [4.69, 9.17) is 0 Å². The van der Waals surface area contributed by atoms with Gasteiger partial charge in [0.1, 0.15) is 0 Å². The summed E-state index contributed by atoms with van der Waals surface area (Å²) in [7, 11) is -3.85. The number of sulfonamides is 1. The third-order valence-corrected chi connectivity index (χ3v) is 4.30. The zero-order valence-electron chi connectivity index (χ0n) is 9.90. The number of nitro groups is 1. The average Bonchev–Trinajstić information content (AvgIpc) is 2.81. The molecule has 2 N–H and O–H groups in total. The lowest BCUT2D eigenvalue weighted by molar-refractivity contribution is -0.387. The van der Waals surface area contributed by atoms with Crippen molar-refractivity contribution >= 4 is 28.1 Å². The molecule has 0 radical (unpaired) electrons. The number of hydrogen-bond donors (Lipinski definition) is 2. The molecular weight excluding hydrogens is 294 g/mol. The zero-order chi connectivity index (χ0) is 13.2. The summed E-state index contributed by atoms with van der Waals surface area (Å²) in [5.41, 5.74) is -0.407. The topological polar surface area (TPSA) is 101 Å². The van der Waals surface area contributed by atoms with Gasteiger partial charge in [0, 0.05) is 18.7 Å². The van der Waals surface area contributed by atoms with Crippen LogP contribution in [-0.4, -0.2) is 32.5 Å². The first-order chi connectivity index (χ1) is 8.50. The molecular formula is C10H14ClN3O4S. The second kappa shape index (κ2) is 6.29. The third-order valence-electron chi connectivity index (χ3n) is 2.73. The molecule has 0 spiro atoms. The number of hydrogen-bond acceptors (Lipinski definition) is 5. The smallest absolute Gasteiger partial charge is 0.289 e. The summed E-state index contributed by atoms with van der Waals surface area (Å²) in [5, 5.41) is 13.8. The van der Waals surface area contributed by atoms with Crippen molar-refractivity contribution in [3.05, 3.63) is 34.4 Å². The van der Waals surface area contributed by atoms with Crippen LogP contribution in [0.4, 0.5) is 5.69 Å². The molecule has 106 valence electrons. The Bertz CT molecular complexity index is 558. The van der Waals surface area contributed by atoms with E-state index >= 15 is 0 Å². The quantitative estimate of drug-likeness (QED) is 0.628. The fourth-order valence-electron chi connectivity index (χ4n) is 1.87. The molecule has 0 bridgehead atoms. The van der Waals surface area contributed by atoms with E-state index in [0.717, 1.165) is 6.54 Å². The van der Waals surface area contributed by atoms with Gasteiger partial charge in [0.15, 0.2) is 4.90 Å². The van der Waals surface area contributed by atoms with Crippen LogP contribution in [0.25, 0.3) is 0 Å². The SMILES string of the molecule is Cl.O=[N+]([O-])c1ccccc1S(=O)(=O)N[C@H]1CCNC1. The van der Waals surface area contributed by atoms with Gasteiger partial charge in [0.25, 0.3) is 5.69 Å². The summed E-state index contributed by atoms with van der Waals surface area (Å²) < 4.78 is 26.6. The highest BCUT2D eigenvalue weighted by atomic mass is 35.5. The molecule has 0 saturated carbocycles. The van der Waals surface area contributed by atoms with Crippen LogP contribution in [0.1, 0.15) is 6.42 Å². The van der Waals surface area contributed by atoms with Crippen molar-refractivity contribution in [2.24, 2.45) is 0 Å². The first-order valence-corrected chi connectivity index (χ1v) is 6.95. The van der Waals surface area contributed by atoms with E-state index in [0.29, 0.717) is 13.0 Å². The maximum atomic E-state index is 12.1. The highest BCUT2D eigenvalue weighted by Gasteiger charge is 2.28. The van der Waals surface area contributed by atoms with Crippen LogP contribution < -0.4 is 10.0 Å². The molecule has 1 aromatic carbocycles. The lowest BCUT2D eigenvalue weighted by atomic mass is 10.3. The number of nitro benzene ring substituents is 1. The molecule has 1 saturated heterocycles. The Morgan fingerprint density at radius 1 is 1.37 bits per heavy atom. The number of para-hydroxylation sites is 1. The molecule has 1 atom stereocenters. The summed E-state index contributed by atoms with van der Waals surface area (Å²) in [6, 6.07) is 5.11. The van der Waals surface area contributed by atoms with Gasteiger partial charge in [-0.3, -0.25) is 10.1 Å². The van der Waals surface area contributed by atoms with Crippen molar-refractivity contribution in [1.29, 1.82) is 0 Å². The first kappa shape index (κ1) is 15.8. The fraction of sp³-hybridized carbons (Fsp3) is 0.400. The van der Waals surface area contributed by atoms with Gasteiger partial charge in [-0.1, -0.05) is 12.1 Å². The molecule has 0 aromatic heterocycles. The normalized spacial score (nSPS) is 18.8. The zero-order valence-corrected chi connectivity index (χ0v) is 11.5. The number of halogens is 1. The Morgan fingerprint density at radius 3 is 2.63 bits per heavy atom. The van der Waals surface area contributed by atoms with Crippen LogP contribution in [0.3, 0.4) is 0 Å². The standard InChI is InChI=1S/C10H13N3O4S.ClH/c14-13(15)9-3-1-2-4-10(9)18(16,17)12-8-5-6-11-7-8;/h1-4,8,11-12H,5-7H2;1H/t8-;/m0./s1. The van der Waals surface area contributed by atoms with Crippen molar-refractivity contribution in [2.45, 2.75) is 17.4 Å². The summed E-state index contributed by atoms with van der Waals surface area (Å²) in [6.45, 7) is 1.28. The molecule has 0 amide bonds. The molecule has 1 aliphatic rings. The summed E-state index contributed by atoms with van der Waals surface area (Å²) in [4.78, 5) is 9.82. The first-order valence-electron chi connectivity index (χ1n) is 5.47. The van der Waals surface area contributed by atoms with Gasteiger partial charge in [-0.2, -0.15) is 0 Å². The molecule has 2 rings (SSSR count). The molecule has 1 aromatic rings. The Labute approximate surface area is 117 Å². The predicted molar refractivity (Wildman–Crippen MR) is 71.9 cm³/mol. The van der Waals surface area contributed by atoms with Gasteiger partial charge in [-0.15, -0.1) is 12.4 Å². The number of nitrogens with zero attached hydrogens (tertiary/aromatic N) is 1. The van der Waals surface area contributed by atoms with Gasteiger partial charge in [0.2, 0.25) is 10.0 Å². The number of benzene rings is 1. The van der Waals surface area contributed by atoms with E-state index in [2.05, 4.69) is 10.0 Å². The Balaban J connectivity index is 0.00000180. The Hall–Kier alpha value is -1.22. The lowest BCUT2D eigenvalue weighted by Crippen LogP contribution is -2.36. The van der Waals surface area contributed by atoms with Crippen molar-refractivity contribution in [3.63, 3.8) is 0 Å². The lowest BCUT2D eigenvalue weighted by Gasteiger charge is -2.11. The molecule has 0 aliphatic carbocycles. The van der Waals surface area contributed by atoms with E-state index in [1.54, 1.807) is 0 Å². The third kappa shape index (κ3) is 3.63. The van der Waals surface area contributed by atoms with Crippen LogP contribution in [0.2, 0.25) is 0 Å². The van der Waals surface area contributed by atoms with Gasteiger partial charge in [0.05, 0.1) is 4.92 Å². The van der Waals surface area contributed by atoms with Crippen LogP contribution in [0, 0.1) is 10.1 Å². The van der Waals surface area contributed by atoms with E-state index in [9.17, 15) is 18.5 Å². The molecule has 9 heteroatoms. The van der Waals surface area contributed by atoms with E-state index in [1.165, 1.54) is 24.3 Å². The van der Waals surface area contributed by atoms with E-state index < -0.39 is 20.6 Å². The average molecular weight is 308 g/mol. The minimum atomic E-state index is -3.85. The highest BCUT2D eigenvalue weighted by Crippen LogP contribution is 2.23. The minimum Gasteiger partial charge on any atom is -0.315 e. The Kier molecular flexibility index (Phi) is 5.24. The fourth-order valence-corrected chi connectivity index (χ4v) is 3.32. The minimum absolute atomic E-state index is 0. The largest absolute Gasteiger partial charge is 0.315 e. The van der Waals surface area contributed by atoms with Crippen molar-refractivity contribution in [2.75, 3.05) is 13.1 Å².